The molecule has 5 heteroatoms. The molecule has 4 nitrogen and oxygen atoms in total. The maximum absolute atomic E-state index is 5.63. The van der Waals surface area contributed by atoms with Gasteiger partial charge in [-0.25, -0.2) is 9.97 Å². The topological polar surface area (TPSA) is 35.1 Å². The summed E-state index contributed by atoms with van der Waals surface area (Å²) >= 11 is 1.78. The lowest BCUT2D eigenvalue weighted by molar-refractivity contribution is 1.02. The van der Waals surface area contributed by atoms with E-state index in [9.17, 15) is 0 Å². The fourth-order valence-corrected chi connectivity index (χ4v) is 10.4. The van der Waals surface area contributed by atoms with Crippen molar-refractivity contribution in [3.05, 3.63) is 158 Å². The smallest absolute Gasteiger partial charge is 0.235 e. The average molecular weight is 691 g/mol. The number of thiophene rings is 1. The fraction of sp³-hybridized carbons (Fsp3) is 0. The van der Waals surface area contributed by atoms with E-state index >= 15 is 0 Å². The highest BCUT2D eigenvalue weighted by Crippen LogP contribution is 2.47. The summed E-state index contributed by atoms with van der Waals surface area (Å²) in [7, 11) is 0. The van der Waals surface area contributed by atoms with Gasteiger partial charge in [-0.1, -0.05) is 133 Å². The van der Waals surface area contributed by atoms with E-state index in [-0.39, 0.29) is 0 Å². The van der Waals surface area contributed by atoms with Gasteiger partial charge in [0.15, 0.2) is 0 Å². The molecule has 244 valence electrons. The summed E-state index contributed by atoms with van der Waals surface area (Å²) in [5.74, 6) is 0.682. The maximum atomic E-state index is 5.63. The van der Waals surface area contributed by atoms with Crippen molar-refractivity contribution in [1.82, 2.24) is 18.9 Å². The SMILES string of the molecule is c1ccc2c(-c3nc(-n4c5ccc6c(c7cccc8c9ccccc9n6c87)c5c5ccc6ccccc6c54)nc4c3sc3ccccc34)cccc2c1. The number of hydrogen-bond acceptors (Lipinski definition) is 3. The molecule has 0 radical (unpaired) electrons. The summed E-state index contributed by atoms with van der Waals surface area (Å²) in [4.78, 5) is 11.2. The molecule has 5 heterocycles. The Morgan fingerprint density at radius 1 is 0.415 bits per heavy atom. The minimum atomic E-state index is 0.682. The van der Waals surface area contributed by atoms with Gasteiger partial charge in [0.2, 0.25) is 5.95 Å². The first kappa shape index (κ1) is 27.8. The largest absolute Gasteiger partial charge is 0.308 e. The minimum absolute atomic E-state index is 0.682. The number of fused-ring (bicyclic) bond motifs is 16. The molecule has 0 amide bonds. The summed E-state index contributed by atoms with van der Waals surface area (Å²) in [5.41, 5.74) is 9.03. The van der Waals surface area contributed by atoms with Crippen molar-refractivity contribution in [2.45, 2.75) is 0 Å². The van der Waals surface area contributed by atoms with Gasteiger partial charge in [0.05, 0.1) is 43.5 Å². The van der Waals surface area contributed by atoms with Crippen LogP contribution in [0, 0.1) is 0 Å². The Labute approximate surface area is 305 Å². The van der Waals surface area contributed by atoms with E-state index in [0.29, 0.717) is 5.95 Å². The molecule has 0 aliphatic heterocycles. The Balaban J connectivity index is 1.25. The number of para-hydroxylation sites is 2. The van der Waals surface area contributed by atoms with Crippen molar-refractivity contribution in [2.24, 2.45) is 0 Å². The third-order valence-corrected chi connectivity index (χ3v) is 12.6. The lowest BCUT2D eigenvalue weighted by atomic mass is 10.0. The van der Waals surface area contributed by atoms with E-state index in [4.69, 9.17) is 9.97 Å². The van der Waals surface area contributed by atoms with Crippen LogP contribution >= 0.6 is 11.3 Å². The van der Waals surface area contributed by atoms with Crippen molar-refractivity contribution in [1.29, 1.82) is 0 Å². The van der Waals surface area contributed by atoms with Crippen molar-refractivity contribution in [2.75, 3.05) is 0 Å². The van der Waals surface area contributed by atoms with E-state index < -0.39 is 0 Å². The van der Waals surface area contributed by atoms with Crippen molar-refractivity contribution < 1.29 is 0 Å². The molecule has 0 saturated heterocycles. The maximum Gasteiger partial charge on any atom is 0.235 e. The van der Waals surface area contributed by atoms with Crippen molar-refractivity contribution in [3.8, 4) is 17.2 Å². The van der Waals surface area contributed by atoms with E-state index in [1.54, 1.807) is 11.3 Å². The summed E-state index contributed by atoms with van der Waals surface area (Å²) < 4.78 is 7.14. The number of rotatable bonds is 2. The lowest BCUT2D eigenvalue weighted by Crippen LogP contribution is -2.03. The van der Waals surface area contributed by atoms with Crippen molar-refractivity contribution in [3.63, 3.8) is 0 Å². The highest BCUT2D eigenvalue weighted by molar-refractivity contribution is 7.26. The number of nitrogens with zero attached hydrogens (tertiary/aromatic N) is 4. The molecule has 0 unspecified atom stereocenters. The first-order chi connectivity index (χ1) is 26.3. The molecule has 0 bridgehead atoms. The zero-order valence-corrected chi connectivity index (χ0v) is 29.0. The van der Waals surface area contributed by atoms with Gasteiger partial charge in [0, 0.05) is 53.4 Å². The molecule has 0 aliphatic carbocycles. The highest BCUT2D eigenvalue weighted by atomic mass is 32.1. The summed E-state index contributed by atoms with van der Waals surface area (Å²) in [5, 5.41) is 13.5. The monoisotopic (exact) mass is 690 g/mol. The average Bonchev–Trinajstić information content (AvgIpc) is 3.96. The van der Waals surface area contributed by atoms with Gasteiger partial charge in [0.25, 0.3) is 0 Å². The van der Waals surface area contributed by atoms with Crippen LogP contribution in [0.3, 0.4) is 0 Å². The van der Waals surface area contributed by atoms with Crippen LogP contribution in [0.4, 0.5) is 0 Å². The van der Waals surface area contributed by atoms with Crippen LogP contribution in [0.1, 0.15) is 0 Å². The molecular weight excluding hydrogens is 665 g/mol. The number of aromatic nitrogens is 4. The Morgan fingerprint density at radius 2 is 1.06 bits per heavy atom. The first-order valence-electron chi connectivity index (χ1n) is 18.0. The van der Waals surface area contributed by atoms with Gasteiger partial charge < -0.3 is 4.40 Å². The molecule has 53 heavy (non-hydrogen) atoms. The van der Waals surface area contributed by atoms with Crippen LogP contribution in [0.15, 0.2) is 158 Å². The van der Waals surface area contributed by atoms with Crippen LogP contribution in [0.5, 0.6) is 0 Å². The van der Waals surface area contributed by atoms with Gasteiger partial charge in [-0.15, -0.1) is 11.3 Å². The lowest BCUT2D eigenvalue weighted by Gasteiger charge is -2.12. The van der Waals surface area contributed by atoms with E-state index in [0.717, 1.165) is 37.9 Å². The van der Waals surface area contributed by atoms with Crippen LogP contribution < -0.4 is 0 Å². The van der Waals surface area contributed by atoms with Gasteiger partial charge in [-0.05, 0) is 40.4 Å². The van der Waals surface area contributed by atoms with Crippen LogP contribution in [-0.4, -0.2) is 18.9 Å². The molecule has 0 aliphatic rings. The molecule has 5 aromatic heterocycles. The molecule has 13 rings (SSSR count). The van der Waals surface area contributed by atoms with Gasteiger partial charge >= 0.3 is 0 Å². The van der Waals surface area contributed by atoms with Crippen LogP contribution in [0.25, 0.3) is 119 Å². The second-order valence-corrected chi connectivity index (χ2v) is 15.2. The normalized spacial score (nSPS) is 12.5. The van der Waals surface area contributed by atoms with E-state index in [1.807, 2.05) is 0 Å². The second-order valence-electron chi connectivity index (χ2n) is 14.1. The predicted molar refractivity (Wildman–Crippen MR) is 224 cm³/mol. The fourth-order valence-electron chi connectivity index (χ4n) is 9.29. The Morgan fingerprint density at radius 3 is 1.96 bits per heavy atom. The number of benzene rings is 8. The Bertz CT molecular complexity index is 3690. The molecule has 0 fully saturated rings. The van der Waals surface area contributed by atoms with Crippen molar-refractivity contribution >= 4 is 113 Å². The first-order valence-corrected chi connectivity index (χ1v) is 18.8. The Kier molecular flexibility index (Phi) is 5.22. The summed E-state index contributed by atoms with van der Waals surface area (Å²) in [6.07, 6.45) is 0. The molecule has 0 saturated carbocycles. The molecule has 0 spiro atoms. The molecule has 13 aromatic rings. The summed E-state index contributed by atoms with van der Waals surface area (Å²) in [6.45, 7) is 0. The number of hydrogen-bond donors (Lipinski definition) is 0. The van der Waals surface area contributed by atoms with Crippen LogP contribution in [0.2, 0.25) is 0 Å². The zero-order chi connectivity index (χ0) is 34.4. The predicted octanol–water partition coefficient (Wildman–Crippen LogP) is 13.1. The minimum Gasteiger partial charge on any atom is -0.308 e. The third kappa shape index (κ3) is 3.50. The van der Waals surface area contributed by atoms with E-state index in [1.165, 1.54) is 75.1 Å². The van der Waals surface area contributed by atoms with Gasteiger partial charge in [-0.2, -0.15) is 0 Å². The van der Waals surface area contributed by atoms with Crippen LogP contribution in [-0.2, 0) is 0 Å². The molecule has 8 aromatic carbocycles. The van der Waals surface area contributed by atoms with E-state index in [2.05, 4.69) is 167 Å². The molecular formula is C48H26N4S. The second kappa shape index (κ2) is 9.94. The molecule has 0 atom stereocenters. The molecule has 0 N–H and O–H groups in total. The standard InChI is InChI=1S/C48H26N4S/c1-3-14-29-27(11-1)13-9-18-32(29)43-47-44(34-17-6-8-22-40(34)53-47)50-48(49-43)52-39-26-25-38-41(42(39)36-24-23-28-12-2-4-15-30(28)45(36)52)35-20-10-19-33-31-16-5-7-21-37(31)51(38)46(33)35/h1-26H. The Hall–Kier alpha value is -6.82. The van der Waals surface area contributed by atoms with Gasteiger partial charge in [0.1, 0.15) is 0 Å². The quantitative estimate of drug-likeness (QED) is 0.181. The van der Waals surface area contributed by atoms with Gasteiger partial charge in [-0.3, -0.25) is 4.57 Å². The third-order valence-electron chi connectivity index (χ3n) is 11.5. The summed E-state index contributed by atoms with van der Waals surface area (Å²) in [6, 6.07) is 57.3. The highest BCUT2D eigenvalue weighted by Gasteiger charge is 2.25. The zero-order valence-electron chi connectivity index (χ0n) is 28.2.